The van der Waals surface area contributed by atoms with Crippen LogP contribution >= 0.6 is 11.6 Å². The third kappa shape index (κ3) is 5.59. The molecule has 2 aromatic carbocycles. The average molecular weight is 418 g/mol. The van der Waals surface area contributed by atoms with Gasteiger partial charge in [0.15, 0.2) is 0 Å². The van der Waals surface area contributed by atoms with E-state index in [1.807, 2.05) is 36.4 Å². The fourth-order valence-corrected chi connectivity index (χ4v) is 3.16. The Kier molecular flexibility index (Phi) is 8.24. The van der Waals surface area contributed by atoms with Crippen molar-refractivity contribution < 1.29 is 24.2 Å². The van der Waals surface area contributed by atoms with Gasteiger partial charge in [-0.2, -0.15) is 0 Å². The number of Topliss-reactive ketones (excluding diaryl/α,β-unsaturated/α-hetero) is 1. The van der Waals surface area contributed by atoms with Gasteiger partial charge in [0.1, 0.15) is 22.2 Å². The zero-order chi connectivity index (χ0) is 21.4. The third-order valence-corrected chi connectivity index (χ3v) is 4.25. The van der Waals surface area contributed by atoms with Crippen LogP contribution in [-0.4, -0.2) is 41.7 Å². The lowest BCUT2D eigenvalue weighted by atomic mass is 10.2. The van der Waals surface area contributed by atoms with Crippen molar-refractivity contribution in [2.45, 2.75) is 20.3 Å². The average Bonchev–Trinajstić information content (AvgIpc) is 2.97. The monoisotopic (exact) mass is 417 g/mol. The molecule has 0 bridgehead atoms. The molecule has 1 heterocycles. The minimum Gasteiger partial charge on any atom is -0.491 e. The highest BCUT2D eigenvalue weighted by Gasteiger charge is 2.22. The SMILES string of the molecule is CC(C)=O.COCCCOc1ccccc1-n1c(Cl)c(C(=O)O)c2ccccc21. The fraction of sp³-hybridized carbons (Fsp3) is 0.273. The third-order valence-electron chi connectivity index (χ3n) is 3.89. The van der Waals surface area contributed by atoms with E-state index < -0.39 is 5.97 Å². The van der Waals surface area contributed by atoms with Gasteiger partial charge in [0.05, 0.1) is 17.8 Å². The van der Waals surface area contributed by atoms with Crippen molar-refractivity contribution in [3.05, 3.63) is 59.2 Å². The molecule has 6 nitrogen and oxygen atoms in total. The van der Waals surface area contributed by atoms with E-state index >= 15 is 0 Å². The van der Waals surface area contributed by atoms with Crippen LogP contribution in [0.25, 0.3) is 16.6 Å². The van der Waals surface area contributed by atoms with Crippen molar-refractivity contribution in [2.75, 3.05) is 20.3 Å². The summed E-state index contributed by atoms with van der Waals surface area (Å²) in [5, 5.41) is 10.3. The molecule has 0 amide bonds. The lowest BCUT2D eigenvalue weighted by molar-refractivity contribution is -0.115. The number of benzene rings is 2. The van der Waals surface area contributed by atoms with E-state index in [0.717, 1.165) is 11.9 Å². The number of carbonyl (C=O) groups is 2. The van der Waals surface area contributed by atoms with Crippen LogP contribution in [0.1, 0.15) is 30.6 Å². The van der Waals surface area contributed by atoms with E-state index in [-0.39, 0.29) is 16.5 Å². The number of halogens is 1. The molecule has 154 valence electrons. The van der Waals surface area contributed by atoms with Gasteiger partial charge < -0.3 is 19.4 Å². The van der Waals surface area contributed by atoms with Gasteiger partial charge in [0.2, 0.25) is 0 Å². The summed E-state index contributed by atoms with van der Waals surface area (Å²) in [6.45, 7) is 4.16. The maximum Gasteiger partial charge on any atom is 0.339 e. The molecule has 0 aliphatic rings. The van der Waals surface area contributed by atoms with Crippen LogP contribution in [-0.2, 0) is 9.53 Å². The highest BCUT2D eigenvalue weighted by atomic mass is 35.5. The summed E-state index contributed by atoms with van der Waals surface area (Å²) in [4.78, 5) is 21.1. The van der Waals surface area contributed by atoms with E-state index in [2.05, 4.69) is 0 Å². The topological polar surface area (TPSA) is 77.8 Å². The Morgan fingerprint density at radius 1 is 1.03 bits per heavy atom. The molecule has 0 radical (unpaired) electrons. The molecular formula is C22H24ClNO5. The zero-order valence-corrected chi connectivity index (χ0v) is 17.4. The number of ketones is 1. The molecule has 0 aliphatic heterocycles. The standard InChI is InChI=1S/C19H18ClNO4.C3H6O/c1-24-11-6-12-25-16-10-5-4-9-15(16)21-14-8-3-2-7-13(14)17(18(21)20)19(22)23;1-3(2)4/h2-5,7-10H,6,11-12H2,1H3,(H,22,23);1-2H3. The van der Waals surface area contributed by atoms with Gasteiger partial charge in [0.25, 0.3) is 0 Å². The van der Waals surface area contributed by atoms with Crippen LogP contribution in [0.15, 0.2) is 48.5 Å². The number of para-hydroxylation sites is 3. The maximum atomic E-state index is 11.7. The van der Waals surface area contributed by atoms with Crippen molar-refractivity contribution in [1.29, 1.82) is 0 Å². The van der Waals surface area contributed by atoms with Crippen molar-refractivity contribution in [1.82, 2.24) is 4.57 Å². The van der Waals surface area contributed by atoms with Crippen molar-refractivity contribution in [3.8, 4) is 11.4 Å². The minimum absolute atomic E-state index is 0.0893. The Morgan fingerprint density at radius 3 is 2.31 bits per heavy atom. The first-order valence-corrected chi connectivity index (χ1v) is 9.46. The second kappa shape index (κ2) is 10.6. The van der Waals surface area contributed by atoms with Gasteiger partial charge in [-0.15, -0.1) is 0 Å². The van der Waals surface area contributed by atoms with Gasteiger partial charge >= 0.3 is 5.97 Å². The van der Waals surface area contributed by atoms with Crippen LogP contribution in [0.3, 0.4) is 0 Å². The van der Waals surface area contributed by atoms with Gasteiger partial charge in [-0.1, -0.05) is 41.9 Å². The molecule has 0 atom stereocenters. The largest absolute Gasteiger partial charge is 0.491 e. The zero-order valence-electron chi connectivity index (χ0n) is 16.6. The first-order valence-electron chi connectivity index (χ1n) is 9.09. The predicted molar refractivity (Wildman–Crippen MR) is 114 cm³/mol. The number of methoxy groups -OCH3 is 1. The van der Waals surface area contributed by atoms with E-state index in [1.165, 1.54) is 13.8 Å². The van der Waals surface area contributed by atoms with Gasteiger partial charge in [0, 0.05) is 25.5 Å². The molecule has 0 saturated carbocycles. The van der Waals surface area contributed by atoms with E-state index in [9.17, 15) is 14.7 Å². The fourth-order valence-electron chi connectivity index (χ4n) is 2.80. The molecule has 0 saturated heterocycles. The molecule has 0 aliphatic carbocycles. The molecular weight excluding hydrogens is 394 g/mol. The van der Waals surface area contributed by atoms with E-state index in [4.69, 9.17) is 21.1 Å². The van der Waals surface area contributed by atoms with Crippen molar-refractivity contribution in [3.63, 3.8) is 0 Å². The highest BCUT2D eigenvalue weighted by Crippen LogP contribution is 2.36. The van der Waals surface area contributed by atoms with Crippen LogP contribution in [0.4, 0.5) is 0 Å². The number of aromatic carboxylic acids is 1. The number of ether oxygens (including phenoxy) is 2. The number of hydrogen-bond acceptors (Lipinski definition) is 4. The minimum atomic E-state index is -1.06. The number of aromatic nitrogens is 1. The highest BCUT2D eigenvalue weighted by molar-refractivity contribution is 6.35. The van der Waals surface area contributed by atoms with E-state index in [1.54, 1.807) is 23.8 Å². The normalized spacial score (nSPS) is 10.3. The van der Waals surface area contributed by atoms with Crippen LogP contribution in [0.2, 0.25) is 5.15 Å². The molecule has 3 rings (SSSR count). The summed E-state index contributed by atoms with van der Waals surface area (Å²) >= 11 is 6.44. The Bertz CT molecular complexity index is 992. The number of carbonyl (C=O) groups excluding carboxylic acids is 1. The second-order valence-corrected chi connectivity index (χ2v) is 6.75. The molecule has 29 heavy (non-hydrogen) atoms. The lowest BCUT2D eigenvalue weighted by Crippen LogP contribution is -2.05. The van der Waals surface area contributed by atoms with Gasteiger partial charge in [-0.05, 0) is 32.0 Å². The summed E-state index contributed by atoms with van der Waals surface area (Å²) in [7, 11) is 1.65. The Balaban J connectivity index is 0.000000687. The first kappa shape index (κ1) is 22.5. The molecule has 1 N–H and O–H groups in total. The summed E-state index contributed by atoms with van der Waals surface area (Å²) in [5.74, 6) is -0.253. The summed E-state index contributed by atoms with van der Waals surface area (Å²) in [5.41, 5.74) is 1.51. The maximum absolute atomic E-state index is 11.7. The molecule has 7 heteroatoms. The number of hydrogen-bond donors (Lipinski definition) is 1. The molecule has 1 aromatic heterocycles. The Morgan fingerprint density at radius 2 is 1.66 bits per heavy atom. The first-order chi connectivity index (χ1) is 13.9. The van der Waals surface area contributed by atoms with Gasteiger partial charge in [-0.25, -0.2) is 4.79 Å². The van der Waals surface area contributed by atoms with Crippen molar-refractivity contribution in [2.24, 2.45) is 0 Å². The number of carboxylic acids is 1. The smallest absolute Gasteiger partial charge is 0.339 e. The predicted octanol–water partition coefficient (Wildman–Crippen LogP) is 4.99. The quantitative estimate of drug-likeness (QED) is 0.548. The van der Waals surface area contributed by atoms with Crippen LogP contribution < -0.4 is 4.74 Å². The number of carboxylic acid groups (broad SMARTS) is 1. The second-order valence-electron chi connectivity index (χ2n) is 6.39. The van der Waals surface area contributed by atoms with Crippen LogP contribution in [0.5, 0.6) is 5.75 Å². The summed E-state index contributed by atoms with van der Waals surface area (Å²) in [6, 6.07) is 14.7. The Labute approximate surface area is 174 Å². The van der Waals surface area contributed by atoms with Gasteiger partial charge in [-0.3, -0.25) is 4.57 Å². The summed E-state index contributed by atoms with van der Waals surface area (Å²) in [6.07, 6.45) is 0.755. The molecule has 0 unspecified atom stereocenters. The number of nitrogens with zero attached hydrogens (tertiary/aromatic N) is 1. The van der Waals surface area contributed by atoms with E-state index in [0.29, 0.717) is 30.0 Å². The molecule has 0 spiro atoms. The summed E-state index contributed by atoms with van der Waals surface area (Å²) < 4.78 is 12.6. The van der Waals surface area contributed by atoms with Crippen LogP contribution in [0, 0.1) is 0 Å². The van der Waals surface area contributed by atoms with Crippen molar-refractivity contribution >= 4 is 34.3 Å². The molecule has 0 fully saturated rings. The lowest BCUT2D eigenvalue weighted by Gasteiger charge is -2.14. The Hall–Kier alpha value is -2.83. The molecule has 3 aromatic rings. The number of fused-ring (bicyclic) bond motifs is 1. The number of rotatable bonds is 7.